The summed E-state index contributed by atoms with van der Waals surface area (Å²) in [5, 5.41) is 0. The topological polar surface area (TPSA) is 0 Å². The van der Waals surface area contributed by atoms with E-state index in [0.29, 0.717) is 0 Å². The van der Waals surface area contributed by atoms with Crippen molar-refractivity contribution in [3.8, 4) is 11.8 Å². The van der Waals surface area contributed by atoms with Crippen molar-refractivity contribution in [2.75, 3.05) is 0 Å². The van der Waals surface area contributed by atoms with Gasteiger partial charge in [0.15, 0.2) is 0 Å². The SMILES string of the molecule is Cc1ccc(C#Cc2ccccc2)c(I)c1C. The predicted molar refractivity (Wildman–Crippen MR) is 81.1 cm³/mol. The number of hydrogen-bond acceptors (Lipinski definition) is 0. The minimum atomic E-state index is 1.06. The maximum absolute atomic E-state index is 3.24. The molecule has 2 aromatic rings. The standard InChI is InChI=1S/C16H13I/c1-12-8-10-15(16(17)13(12)2)11-9-14-6-4-3-5-7-14/h3-8,10H,1-2H3. The highest BCUT2D eigenvalue weighted by Crippen LogP contribution is 2.19. The van der Waals surface area contributed by atoms with Crippen molar-refractivity contribution in [2.24, 2.45) is 0 Å². The van der Waals surface area contributed by atoms with E-state index in [0.717, 1.165) is 11.1 Å². The van der Waals surface area contributed by atoms with Gasteiger partial charge in [-0.25, -0.2) is 0 Å². The Morgan fingerprint density at radius 3 is 2.29 bits per heavy atom. The summed E-state index contributed by atoms with van der Waals surface area (Å²) in [5.74, 6) is 6.43. The molecule has 0 amide bonds. The largest absolute Gasteiger partial charge is 0.0622 e. The van der Waals surface area contributed by atoms with Crippen LogP contribution in [0.15, 0.2) is 42.5 Å². The fraction of sp³-hybridized carbons (Fsp3) is 0.125. The zero-order chi connectivity index (χ0) is 12.3. The first-order valence-corrected chi connectivity index (χ1v) is 6.59. The van der Waals surface area contributed by atoms with Gasteiger partial charge in [-0.1, -0.05) is 36.1 Å². The molecule has 0 aromatic heterocycles. The lowest BCUT2D eigenvalue weighted by molar-refractivity contribution is 1.30. The molecule has 0 spiro atoms. The molecule has 0 unspecified atom stereocenters. The summed E-state index contributed by atoms with van der Waals surface area (Å²) < 4.78 is 1.26. The molecular weight excluding hydrogens is 319 g/mol. The number of aryl methyl sites for hydroxylation is 1. The van der Waals surface area contributed by atoms with E-state index in [4.69, 9.17) is 0 Å². The molecule has 0 nitrogen and oxygen atoms in total. The molecule has 0 radical (unpaired) electrons. The number of benzene rings is 2. The molecule has 0 saturated carbocycles. The third-order valence-electron chi connectivity index (χ3n) is 2.77. The lowest BCUT2D eigenvalue weighted by Crippen LogP contribution is -1.90. The predicted octanol–water partition coefficient (Wildman–Crippen LogP) is 4.31. The maximum atomic E-state index is 3.24. The number of rotatable bonds is 0. The lowest BCUT2D eigenvalue weighted by atomic mass is 10.1. The van der Waals surface area contributed by atoms with Gasteiger partial charge in [0.2, 0.25) is 0 Å². The first kappa shape index (κ1) is 12.2. The van der Waals surface area contributed by atoms with Crippen molar-refractivity contribution in [3.05, 3.63) is 68.3 Å². The van der Waals surface area contributed by atoms with Gasteiger partial charge in [0.25, 0.3) is 0 Å². The van der Waals surface area contributed by atoms with E-state index < -0.39 is 0 Å². The summed E-state index contributed by atoms with van der Waals surface area (Å²) in [6.07, 6.45) is 0. The van der Waals surface area contributed by atoms with Gasteiger partial charge >= 0.3 is 0 Å². The van der Waals surface area contributed by atoms with Crippen LogP contribution < -0.4 is 0 Å². The van der Waals surface area contributed by atoms with Crippen molar-refractivity contribution in [2.45, 2.75) is 13.8 Å². The Bertz CT molecular complexity index is 586. The van der Waals surface area contributed by atoms with E-state index in [9.17, 15) is 0 Å². The van der Waals surface area contributed by atoms with Crippen LogP contribution in [0, 0.1) is 29.3 Å². The van der Waals surface area contributed by atoms with Gasteiger partial charge in [0.1, 0.15) is 0 Å². The molecule has 0 N–H and O–H groups in total. The van der Waals surface area contributed by atoms with Gasteiger partial charge in [-0.2, -0.15) is 0 Å². The fourth-order valence-corrected chi connectivity index (χ4v) is 2.28. The van der Waals surface area contributed by atoms with Crippen molar-refractivity contribution in [1.82, 2.24) is 0 Å². The first-order chi connectivity index (χ1) is 8.18. The highest BCUT2D eigenvalue weighted by Gasteiger charge is 2.02. The summed E-state index contributed by atoms with van der Waals surface area (Å²) in [6.45, 7) is 4.27. The zero-order valence-corrected chi connectivity index (χ0v) is 12.1. The average molecular weight is 332 g/mol. The first-order valence-electron chi connectivity index (χ1n) is 5.51. The maximum Gasteiger partial charge on any atom is 0.0385 e. The minimum absolute atomic E-state index is 1.06. The van der Waals surface area contributed by atoms with Crippen LogP contribution in [0.2, 0.25) is 0 Å². The monoisotopic (exact) mass is 332 g/mol. The van der Waals surface area contributed by atoms with E-state index >= 15 is 0 Å². The third-order valence-corrected chi connectivity index (χ3v) is 4.16. The van der Waals surface area contributed by atoms with E-state index in [1.807, 2.05) is 30.3 Å². The van der Waals surface area contributed by atoms with E-state index in [1.54, 1.807) is 0 Å². The van der Waals surface area contributed by atoms with Crippen LogP contribution in [0.3, 0.4) is 0 Å². The third kappa shape index (κ3) is 2.89. The van der Waals surface area contributed by atoms with E-state index in [1.165, 1.54) is 14.7 Å². The van der Waals surface area contributed by atoms with E-state index in [2.05, 4.69) is 60.4 Å². The Balaban J connectivity index is 2.38. The Kier molecular flexibility index (Phi) is 3.86. The molecule has 0 heterocycles. The van der Waals surface area contributed by atoms with Crippen molar-refractivity contribution in [3.63, 3.8) is 0 Å². The molecule has 0 fully saturated rings. The molecule has 0 aliphatic carbocycles. The quantitative estimate of drug-likeness (QED) is 0.498. The normalized spacial score (nSPS) is 9.59. The van der Waals surface area contributed by atoms with Crippen LogP contribution in [0.1, 0.15) is 22.3 Å². The molecule has 17 heavy (non-hydrogen) atoms. The summed E-state index contributed by atoms with van der Waals surface area (Å²) in [5.41, 5.74) is 4.81. The highest BCUT2D eigenvalue weighted by atomic mass is 127. The summed E-state index contributed by atoms with van der Waals surface area (Å²) >= 11 is 2.37. The van der Waals surface area contributed by atoms with Crippen LogP contribution in [0.5, 0.6) is 0 Å². The van der Waals surface area contributed by atoms with Gasteiger partial charge < -0.3 is 0 Å². The molecule has 0 bridgehead atoms. The molecule has 2 aromatic carbocycles. The molecule has 0 atom stereocenters. The molecule has 1 heteroatoms. The lowest BCUT2D eigenvalue weighted by Gasteiger charge is -2.04. The molecular formula is C16H13I. The zero-order valence-electron chi connectivity index (χ0n) is 9.92. The van der Waals surface area contributed by atoms with Crippen LogP contribution in [0.4, 0.5) is 0 Å². The van der Waals surface area contributed by atoms with Crippen molar-refractivity contribution >= 4 is 22.6 Å². The summed E-state index contributed by atoms with van der Waals surface area (Å²) in [4.78, 5) is 0. The number of halogens is 1. The second kappa shape index (κ2) is 5.37. The highest BCUT2D eigenvalue weighted by molar-refractivity contribution is 14.1. The Labute approximate surface area is 116 Å². The smallest absolute Gasteiger partial charge is 0.0385 e. The molecule has 0 saturated heterocycles. The molecule has 84 valence electrons. The summed E-state index contributed by atoms with van der Waals surface area (Å²) in [6, 6.07) is 14.3. The van der Waals surface area contributed by atoms with Crippen molar-refractivity contribution < 1.29 is 0 Å². The Morgan fingerprint density at radius 1 is 0.882 bits per heavy atom. The summed E-state index contributed by atoms with van der Waals surface area (Å²) in [7, 11) is 0. The van der Waals surface area contributed by atoms with E-state index in [-0.39, 0.29) is 0 Å². The van der Waals surface area contributed by atoms with Crippen molar-refractivity contribution in [1.29, 1.82) is 0 Å². The van der Waals surface area contributed by atoms with Gasteiger partial charge in [-0.3, -0.25) is 0 Å². The van der Waals surface area contributed by atoms with Crippen LogP contribution in [0.25, 0.3) is 0 Å². The Morgan fingerprint density at radius 2 is 1.59 bits per heavy atom. The second-order valence-corrected chi connectivity index (χ2v) is 5.06. The second-order valence-electron chi connectivity index (χ2n) is 3.99. The average Bonchev–Trinajstić information content (AvgIpc) is 2.36. The van der Waals surface area contributed by atoms with Crippen LogP contribution in [-0.4, -0.2) is 0 Å². The fourth-order valence-electron chi connectivity index (χ4n) is 1.54. The number of hydrogen-bond donors (Lipinski definition) is 0. The van der Waals surface area contributed by atoms with Crippen LogP contribution >= 0.6 is 22.6 Å². The van der Waals surface area contributed by atoms with Gasteiger partial charge in [-0.05, 0) is 65.8 Å². The van der Waals surface area contributed by atoms with Crippen LogP contribution in [-0.2, 0) is 0 Å². The van der Waals surface area contributed by atoms with Gasteiger partial charge in [0.05, 0.1) is 0 Å². The Hall–Kier alpha value is -1.27. The molecule has 0 aliphatic rings. The molecule has 0 aliphatic heterocycles. The molecule has 2 rings (SSSR count). The minimum Gasteiger partial charge on any atom is -0.0622 e. The van der Waals surface area contributed by atoms with Gasteiger partial charge in [0, 0.05) is 14.7 Å². The van der Waals surface area contributed by atoms with Gasteiger partial charge in [-0.15, -0.1) is 0 Å².